The van der Waals surface area contributed by atoms with Crippen LogP contribution in [-0.2, 0) is 4.79 Å². The molecule has 0 saturated carbocycles. The van der Waals surface area contributed by atoms with Crippen molar-refractivity contribution in [3.05, 3.63) is 47.5 Å². The number of fused-ring (bicyclic) bond motifs is 1. The monoisotopic (exact) mass is 411 g/mol. The van der Waals surface area contributed by atoms with Gasteiger partial charge in [-0.3, -0.25) is 4.79 Å². The van der Waals surface area contributed by atoms with Crippen LogP contribution in [0.25, 0.3) is 5.69 Å². The Bertz CT molecular complexity index is 1050. The molecule has 1 unspecified atom stereocenters. The summed E-state index contributed by atoms with van der Waals surface area (Å²) < 4.78 is 12.7. The second kappa shape index (κ2) is 8.12. The van der Waals surface area contributed by atoms with Crippen LogP contribution >= 0.6 is 11.8 Å². The molecule has 0 saturated heterocycles. The number of aryl methyl sites for hydroxylation is 2. The number of benzene rings is 2. The van der Waals surface area contributed by atoms with Gasteiger partial charge in [0.1, 0.15) is 13.2 Å². The van der Waals surface area contributed by atoms with Crippen molar-refractivity contribution >= 4 is 23.4 Å². The van der Waals surface area contributed by atoms with Gasteiger partial charge in [0.15, 0.2) is 11.5 Å². The Hall–Kier alpha value is -3.07. The van der Waals surface area contributed by atoms with E-state index < -0.39 is 5.25 Å². The van der Waals surface area contributed by atoms with Gasteiger partial charge in [-0.2, -0.15) is 4.68 Å². The van der Waals surface area contributed by atoms with Crippen molar-refractivity contribution < 1.29 is 14.3 Å². The summed E-state index contributed by atoms with van der Waals surface area (Å²) in [5.41, 5.74) is 3.77. The highest BCUT2D eigenvalue weighted by Gasteiger charge is 2.21. The van der Waals surface area contributed by atoms with Crippen LogP contribution in [0.5, 0.6) is 11.5 Å². The molecule has 4 rings (SSSR count). The summed E-state index contributed by atoms with van der Waals surface area (Å²) in [5, 5.41) is 15.0. The van der Waals surface area contributed by atoms with E-state index in [1.165, 1.54) is 17.3 Å². The average molecular weight is 411 g/mol. The largest absolute Gasteiger partial charge is 0.486 e. The number of ether oxygens (including phenoxy) is 2. The number of thioether (sulfide) groups is 1. The number of carbonyl (C=O) groups excluding carboxylic acids is 1. The third-order valence-corrected chi connectivity index (χ3v) is 5.52. The van der Waals surface area contributed by atoms with Gasteiger partial charge in [0.2, 0.25) is 11.1 Å². The van der Waals surface area contributed by atoms with E-state index in [1.807, 2.05) is 32.9 Å². The SMILES string of the molecule is Cc1ccc(-n2nnnc2SC(C)C(=O)Nc2ccc3c(c2)OCCO3)c(C)c1. The van der Waals surface area contributed by atoms with E-state index in [-0.39, 0.29) is 5.91 Å². The highest BCUT2D eigenvalue weighted by molar-refractivity contribution is 8.00. The van der Waals surface area contributed by atoms with Crippen LogP contribution in [0.15, 0.2) is 41.6 Å². The molecular weight excluding hydrogens is 390 g/mol. The number of anilines is 1. The maximum absolute atomic E-state index is 12.7. The Labute approximate surface area is 172 Å². The molecule has 1 amide bonds. The number of hydrogen-bond donors (Lipinski definition) is 1. The molecule has 2 heterocycles. The molecule has 0 bridgehead atoms. The lowest BCUT2D eigenvalue weighted by atomic mass is 10.1. The summed E-state index contributed by atoms with van der Waals surface area (Å²) in [4.78, 5) is 12.7. The van der Waals surface area contributed by atoms with Gasteiger partial charge in [-0.15, -0.1) is 5.10 Å². The number of rotatable bonds is 5. The molecule has 1 aliphatic heterocycles. The van der Waals surface area contributed by atoms with Gasteiger partial charge in [0.25, 0.3) is 0 Å². The van der Waals surface area contributed by atoms with Crippen LogP contribution in [0.1, 0.15) is 18.1 Å². The van der Waals surface area contributed by atoms with Crippen LogP contribution in [0.2, 0.25) is 0 Å². The topological polar surface area (TPSA) is 91.2 Å². The molecule has 1 N–H and O–H groups in total. The molecule has 1 aromatic heterocycles. The molecule has 8 nitrogen and oxygen atoms in total. The molecule has 2 aromatic carbocycles. The van der Waals surface area contributed by atoms with E-state index in [1.54, 1.807) is 22.9 Å². The predicted octanol–water partition coefficient (Wildman–Crippen LogP) is 3.17. The highest BCUT2D eigenvalue weighted by atomic mass is 32.2. The molecule has 9 heteroatoms. The molecule has 0 radical (unpaired) electrons. The van der Waals surface area contributed by atoms with Crippen molar-refractivity contribution in [2.45, 2.75) is 31.2 Å². The van der Waals surface area contributed by atoms with E-state index in [9.17, 15) is 4.79 Å². The zero-order valence-corrected chi connectivity index (χ0v) is 17.2. The fraction of sp³-hybridized carbons (Fsp3) is 0.300. The van der Waals surface area contributed by atoms with Crippen LogP contribution in [0.4, 0.5) is 5.69 Å². The van der Waals surface area contributed by atoms with Crippen molar-refractivity contribution in [1.82, 2.24) is 20.2 Å². The molecule has 0 fully saturated rings. The molecule has 29 heavy (non-hydrogen) atoms. The van der Waals surface area contributed by atoms with E-state index in [4.69, 9.17) is 9.47 Å². The second-order valence-corrected chi connectivity index (χ2v) is 8.08. The third kappa shape index (κ3) is 4.19. The third-order valence-electron chi connectivity index (χ3n) is 4.48. The first-order chi connectivity index (χ1) is 14.0. The van der Waals surface area contributed by atoms with Gasteiger partial charge < -0.3 is 14.8 Å². The second-order valence-electron chi connectivity index (χ2n) is 6.77. The summed E-state index contributed by atoms with van der Waals surface area (Å²) in [6.07, 6.45) is 0. The summed E-state index contributed by atoms with van der Waals surface area (Å²) in [7, 11) is 0. The Kier molecular flexibility index (Phi) is 5.39. The van der Waals surface area contributed by atoms with Crippen molar-refractivity contribution in [2.75, 3.05) is 18.5 Å². The number of nitrogens with zero attached hydrogens (tertiary/aromatic N) is 4. The molecule has 0 spiro atoms. The van der Waals surface area contributed by atoms with Crippen molar-refractivity contribution in [3.8, 4) is 17.2 Å². The average Bonchev–Trinajstić information content (AvgIpc) is 3.15. The van der Waals surface area contributed by atoms with E-state index in [0.717, 1.165) is 11.3 Å². The standard InChI is InChI=1S/C20H21N5O3S/c1-12-4-6-16(13(2)10-12)25-20(22-23-24-25)29-14(3)19(26)21-15-5-7-17-18(11-15)28-9-8-27-17/h4-7,10-11,14H,8-9H2,1-3H3,(H,21,26). The Morgan fingerprint density at radius 3 is 2.72 bits per heavy atom. The number of nitrogens with one attached hydrogen (secondary N) is 1. The number of hydrogen-bond acceptors (Lipinski definition) is 7. The number of aromatic nitrogens is 4. The minimum absolute atomic E-state index is 0.151. The molecule has 0 aliphatic carbocycles. The molecule has 150 valence electrons. The van der Waals surface area contributed by atoms with Gasteiger partial charge in [0, 0.05) is 11.8 Å². The molecular formula is C20H21N5O3S. The lowest BCUT2D eigenvalue weighted by Gasteiger charge is -2.19. The maximum Gasteiger partial charge on any atom is 0.237 e. The first-order valence-corrected chi connectivity index (χ1v) is 10.1. The minimum atomic E-state index is -0.404. The predicted molar refractivity (Wildman–Crippen MR) is 110 cm³/mol. The summed E-state index contributed by atoms with van der Waals surface area (Å²) in [6.45, 7) is 6.89. The summed E-state index contributed by atoms with van der Waals surface area (Å²) in [6, 6.07) is 11.4. The van der Waals surface area contributed by atoms with E-state index in [0.29, 0.717) is 35.6 Å². The fourth-order valence-corrected chi connectivity index (χ4v) is 3.82. The maximum atomic E-state index is 12.7. The van der Waals surface area contributed by atoms with Crippen LogP contribution < -0.4 is 14.8 Å². The summed E-state index contributed by atoms with van der Waals surface area (Å²) in [5.74, 6) is 1.17. The highest BCUT2D eigenvalue weighted by Crippen LogP contribution is 2.33. The van der Waals surface area contributed by atoms with E-state index in [2.05, 4.69) is 26.9 Å². The smallest absolute Gasteiger partial charge is 0.237 e. The molecule has 1 atom stereocenters. The zero-order valence-electron chi connectivity index (χ0n) is 16.4. The Morgan fingerprint density at radius 2 is 1.93 bits per heavy atom. The molecule has 3 aromatic rings. The normalized spacial score (nSPS) is 13.8. The van der Waals surface area contributed by atoms with Gasteiger partial charge >= 0.3 is 0 Å². The van der Waals surface area contributed by atoms with Crippen LogP contribution in [0, 0.1) is 13.8 Å². The van der Waals surface area contributed by atoms with Gasteiger partial charge in [0.05, 0.1) is 10.9 Å². The first kappa shape index (κ1) is 19.3. The van der Waals surface area contributed by atoms with Crippen molar-refractivity contribution in [1.29, 1.82) is 0 Å². The van der Waals surface area contributed by atoms with Gasteiger partial charge in [-0.25, -0.2) is 0 Å². The lowest BCUT2D eigenvalue weighted by molar-refractivity contribution is -0.115. The molecule has 1 aliphatic rings. The minimum Gasteiger partial charge on any atom is -0.486 e. The van der Waals surface area contributed by atoms with E-state index >= 15 is 0 Å². The first-order valence-electron chi connectivity index (χ1n) is 9.24. The fourth-order valence-electron chi connectivity index (χ4n) is 3.02. The Balaban J connectivity index is 1.47. The van der Waals surface area contributed by atoms with Crippen LogP contribution in [0.3, 0.4) is 0 Å². The van der Waals surface area contributed by atoms with Crippen LogP contribution in [-0.4, -0.2) is 44.6 Å². The number of carbonyl (C=O) groups is 1. The van der Waals surface area contributed by atoms with Crippen molar-refractivity contribution in [3.63, 3.8) is 0 Å². The zero-order chi connectivity index (χ0) is 20.4. The van der Waals surface area contributed by atoms with Gasteiger partial charge in [-0.05, 0) is 55.0 Å². The number of amides is 1. The number of tetrazole rings is 1. The lowest BCUT2D eigenvalue weighted by Crippen LogP contribution is -2.23. The quantitative estimate of drug-likeness (QED) is 0.645. The van der Waals surface area contributed by atoms with Crippen molar-refractivity contribution in [2.24, 2.45) is 0 Å². The summed E-state index contributed by atoms with van der Waals surface area (Å²) >= 11 is 1.30. The Morgan fingerprint density at radius 1 is 1.14 bits per heavy atom. The van der Waals surface area contributed by atoms with Gasteiger partial charge in [-0.1, -0.05) is 29.5 Å².